The molecular weight excluding hydrogens is 604 g/mol. The molecule has 0 radical (unpaired) electrons. The topological polar surface area (TPSA) is 273 Å². The number of phenols is 2. The summed E-state index contributed by atoms with van der Waals surface area (Å²) < 4.78 is 32.1. The van der Waals surface area contributed by atoms with Crippen molar-refractivity contribution in [1.29, 1.82) is 0 Å². The number of phenolic OH excluding ortho intramolecular Hbond substituents is 2. The number of guanidine groups is 1. The second-order valence-electron chi connectivity index (χ2n) is 9.34. The second-order valence-corrected chi connectivity index (χ2v) is 9.34. The molecule has 248 valence electrons. The molecule has 0 amide bonds. The molecule has 2 aromatic carbocycles. The zero-order valence-electron chi connectivity index (χ0n) is 24.7. The molecule has 1 fully saturated rings. The van der Waals surface area contributed by atoms with Gasteiger partial charge in [-0.25, -0.2) is 9.59 Å². The predicted molar refractivity (Wildman–Crippen MR) is 154 cm³/mol. The van der Waals surface area contributed by atoms with Gasteiger partial charge in [0.1, 0.15) is 36.6 Å². The average Bonchev–Trinajstić information content (AvgIpc) is 3.01. The molecular formula is C27H36N4O14. The number of aliphatic hydroxyl groups is 3. The van der Waals surface area contributed by atoms with Crippen molar-refractivity contribution in [2.75, 3.05) is 46.5 Å². The molecule has 1 heterocycles. The molecule has 1 aliphatic heterocycles. The molecule has 0 saturated carbocycles. The number of aromatic hydroxyl groups is 2. The molecule has 18 heteroatoms. The first-order valence-electron chi connectivity index (χ1n) is 13.3. The van der Waals surface area contributed by atoms with Crippen molar-refractivity contribution in [2.24, 2.45) is 10.7 Å². The number of nitrogens with two attached hydrogens (primary N) is 1. The number of carboxylic acid groups (broad SMARTS) is 1. The van der Waals surface area contributed by atoms with E-state index in [4.69, 9.17) is 34.2 Å². The highest BCUT2D eigenvalue weighted by Crippen LogP contribution is 2.45. The minimum absolute atomic E-state index is 0.0261. The number of carbonyl (C=O) groups excluding carboxylic acids is 1. The number of aliphatic hydroxyl groups excluding tert-OH is 3. The highest BCUT2D eigenvalue weighted by atomic mass is 16.7. The number of rotatable bonds is 13. The van der Waals surface area contributed by atoms with Gasteiger partial charge >= 0.3 is 11.9 Å². The van der Waals surface area contributed by atoms with Crippen LogP contribution in [0.4, 0.5) is 5.69 Å². The summed E-state index contributed by atoms with van der Waals surface area (Å²) in [4.78, 5) is 28.4. The van der Waals surface area contributed by atoms with Crippen LogP contribution in [-0.2, 0) is 9.47 Å². The van der Waals surface area contributed by atoms with Gasteiger partial charge in [0, 0.05) is 31.8 Å². The van der Waals surface area contributed by atoms with Gasteiger partial charge in [-0.2, -0.15) is 0 Å². The van der Waals surface area contributed by atoms with Crippen molar-refractivity contribution in [3.63, 3.8) is 0 Å². The number of hydrogen-bond donors (Lipinski definition) is 9. The van der Waals surface area contributed by atoms with E-state index in [9.17, 15) is 40.2 Å². The highest BCUT2D eigenvalue weighted by molar-refractivity contribution is 5.96. The Balaban J connectivity index is 1.86. The van der Waals surface area contributed by atoms with Crippen LogP contribution in [-0.4, -0.2) is 120 Å². The third kappa shape index (κ3) is 7.79. The minimum atomic E-state index is -1.85. The zero-order valence-corrected chi connectivity index (χ0v) is 24.7. The summed E-state index contributed by atoms with van der Waals surface area (Å²) in [5, 5.41) is 67.5. The standard InChI is InChI=1S/C27H36N4O14/c1-5-30-13-8-15(14(6-11(13)24(37)38)43-10-31-27(28)29-2)44-26-22(36)21(35)19(33)17(45-26)9-42-25(39)12-7-16(40-3)20(34)23(41-4)18(12)32/h6-8,17,19,21-22,26,30,32-36H,5,9-10H2,1-4H3,(H,37,38)(H3,28,29,31). The molecule has 5 atom stereocenters. The second kappa shape index (κ2) is 15.2. The van der Waals surface area contributed by atoms with Gasteiger partial charge in [0.05, 0.1) is 25.5 Å². The molecule has 0 spiro atoms. The Bertz CT molecular complexity index is 1400. The molecule has 2 aromatic rings. The third-order valence-electron chi connectivity index (χ3n) is 6.53. The SMILES string of the molecule is CCNc1cc(OC2OC(COC(=O)c3cc(OC)c(O)c(OC)c3O)C(O)C(O)C2O)c(OCNC(N)=NC)cc1C(=O)O. The van der Waals surface area contributed by atoms with E-state index < -0.39 is 72.1 Å². The van der Waals surface area contributed by atoms with Gasteiger partial charge in [-0.3, -0.25) is 4.99 Å². The Kier molecular flexibility index (Phi) is 11.7. The van der Waals surface area contributed by atoms with Gasteiger partial charge in [0.2, 0.25) is 17.8 Å². The largest absolute Gasteiger partial charge is 0.504 e. The fourth-order valence-corrected chi connectivity index (χ4v) is 4.18. The number of benzene rings is 2. The first-order chi connectivity index (χ1) is 21.4. The number of aromatic carboxylic acids is 1. The summed E-state index contributed by atoms with van der Waals surface area (Å²) in [5.41, 5.74) is 5.10. The summed E-state index contributed by atoms with van der Waals surface area (Å²) in [6.07, 6.45) is -8.63. The average molecular weight is 641 g/mol. The molecule has 5 unspecified atom stereocenters. The molecule has 0 aromatic heterocycles. The predicted octanol–water partition coefficient (Wildman–Crippen LogP) is -0.841. The Morgan fingerprint density at radius 1 is 0.978 bits per heavy atom. The highest BCUT2D eigenvalue weighted by Gasteiger charge is 2.46. The summed E-state index contributed by atoms with van der Waals surface area (Å²) in [6.45, 7) is 1.08. The first kappa shape index (κ1) is 34.6. The van der Waals surface area contributed by atoms with Gasteiger partial charge in [0.25, 0.3) is 0 Å². The zero-order chi connectivity index (χ0) is 33.4. The summed E-state index contributed by atoms with van der Waals surface area (Å²) in [6, 6.07) is 3.43. The quantitative estimate of drug-likeness (QED) is 0.0558. The maximum atomic E-state index is 12.8. The number of nitrogens with zero attached hydrogens (tertiary/aromatic N) is 1. The van der Waals surface area contributed by atoms with E-state index in [2.05, 4.69) is 15.6 Å². The monoisotopic (exact) mass is 640 g/mol. The fourth-order valence-electron chi connectivity index (χ4n) is 4.18. The van der Waals surface area contributed by atoms with E-state index in [1.165, 1.54) is 20.2 Å². The van der Waals surface area contributed by atoms with Crippen LogP contribution >= 0.6 is 0 Å². The number of esters is 1. The molecule has 1 saturated heterocycles. The number of methoxy groups -OCH3 is 2. The van der Waals surface area contributed by atoms with E-state index in [0.717, 1.165) is 19.2 Å². The van der Waals surface area contributed by atoms with E-state index in [1.54, 1.807) is 6.92 Å². The number of aliphatic imine (C=N–C) groups is 1. The molecule has 1 aliphatic rings. The Morgan fingerprint density at radius 2 is 1.67 bits per heavy atom. The lowest BCUT2D eigenvalue weighted by Crippen LogP contribution is -2.60. The molecule has 0 bridgehead atoms. The number of nitrogens with one attached hydrogen (secondary N) is 2. The van der Waals surface area contributed by atoms with Gasteiger partial charge in [-0.1, -0.05) is 0 Å². The van der Waals surface area contributed by atoms with Crippen LogP contribution in [0, 0.1) is 0 Å². The number of anilines is 1. The first-order valence-corrected chi connectivity index (χ1v) is 13.3. The minimum Gasteiger partial charge on any atom is -0.504 e. The van der Waals surface area contributed by atoms with Crippen LogP contribution in [0.2, 0.25) is 0 Å². The number of hydrogen-bond acceptors (Lipinski definition) is 15. The Hall–Kier alpha value is -4.91. The lowest BCUT2D eigenvalue weighted by Gasteiger charge is -2.40. The van der Waals surface area contributed by atoms with Crippen molar-refractivity contribution in [1.82, 2.24) is 5.32 Å². The van der Waals surface area contributed by atoms with Crippen LogP contribution in [0.5, 0.6) is 34.5 Å². The van der Waals surface area contributed by atoms with Crippen molar-refractivity contribution >= 4 is 23.6 Å². The van der Waals surface area contributed by atoms with Gasteiger partial charge in [-0.05, 0) is 6.92 Å². The molecule has 45 heavy (non-hydrogen) atoms. The summed E-state index contributed by atoms with van der Waals surface area (Å²) in [5.74, 6) is -4.64. The van der Waals surface area contributed by atoms with Crippen LogP contribution in [0.15, 0.2) is 23.2 Å². The van der Waals surface area contributed by atoms with Crippen LogP contribution in [0.25, 0.3) is 0 Å². The summed E-state index contributed by atoms with van der Waals surface area (Å²) >= 11 is 0. The van der Waals surface area contributed by atoms with Crippen molar-refractivity contribution < 1.29 is 68.6 Å². The lowest BCUT2D eigenvalue weighted by molar-refractivity contribution is -0.277. The van der Waals surface area contributed by atoms with Crippen LogP contribution < -0.4 is 35.3 Å². The Morgan fingerprint density at radius 3 is 2.27 bits per heavy atom. The van der Waals surface area contributed by atoms with Crippen molar-refractivity contribution in [3.05, 3.63) is 29.3 Å². The van der Waals surface area contributed by atoms with Gasteiger partial charge in [-0.15, -0.1) is 0 Å². The van der Waals surface area contributed by atoms with Crippen LogP contribution in [0.1, 0.15) is 27.6 Å². The number of carboxylic acids is 1. The van der Waals surface area contributed by atoms with Crippen LogP contribution in [0.3, 0.4) is 0 Å². The maximum absolute atomic E-state index is 12.8. The van der Waals surface area contributed by atoms with Gasteiger partial charge < -0.3 is 75.4 Å². The lowest BCUT2D eigenvalue weighted by atomic mass is 9.99. The molecule has 18 nitrogen and oxygen atoms in total. The smallest absolute Gasteiger partial charge is 0.342 e. The molecule has 10 N–H and O–H groups in total. The molecule has 3 rings (SSSR count). The fraction of sp³-hybridized carbons (Fsp3) is 0.444. The van der Waals surface area contributed by atoms with E-state index in [-0.39, 0.29) is 41.2 Å². The van der Waals surface area contributed by atoms with Gasteiger partial charge in [0.15, 0.2) is 35.7 Å². The summed E-state index contributed by atoms with van der Waals surface area (Å²) in [7, 11) is 3.78. The normalized spacial score (nSPS) is 21.4. The maximum Gasteiger partial charge on any atom is 0.342 e. The molecule has 0 aliphatic carbocycles. The number of carbonyl (C=O) groups is 2. The van der Waals surface area contributed by atoms with Crippen molar-refractivity contribution in [2.45, 2.75) is 37.6 Å². The number of ether oxygens (including phenoxy) is 6. The van der Waals surface area contributed by atoms with E-state index in [0.29, 0.717) is 6.54 Å². The Labute approximate surface area is 256 Å². The third-order valence-corrected chi connectivity index (χ3v) is 6.53. The van der Waals surface area contributed by atoms with E-state index in [1.807, 2.05) is 0 Å². The van der Waals surface area contributed by atoms with Crippen molar-refractivity contribution in [3.8, 4) is 34.5 Å². The van der Waals surface area contributed by atoms with E-state index >= 15 is 0 Å².